The summed E-state index contributed by atoms with van der Waals surface area (Å²) in [4.78, 5) is 0. The van der Waals surface area contributed by atoms with Crippen molar-refractivity contribution in [2.24, 2.45) is 0 Å². The van der Waals surface area contributed by atoms with Crippen molar-refractivity contribution in [1.29, 1.82) is 0 Å². The summed E-state index contributed by atoms with van der Waals surface area (Å²) >= 11 is 0. The zero-order valence-corrected chi connectivity index (χ0v) is 11.8. The maximum absolute atomic E-state index is 10.7. The average molecular weight is 255 g/mol. The number of morpholine rings is 1. The van der Waals surface area contributed by atoms with Gasteiger partial charge in [0, 0.05) is 12.1 Å². The number of hydrogen-bond donors (Lipinski definition) is 2. The molecule has 0 aromatic rings. The Hall–Kier alpha value is -0.120. The molecular formula is C15H29NO2. The lowest BCUT2D eigenvalue weighted by molar-refractivity contribution is -0.0808. The molecule has 2 rings (SSSR count). The van der Waals surface area contributed by atoms with Gasteiger partial charge < -0.3 is 15.2 Å². The zero-order valence-electron chi connectivity index (χ0n) is 11.8. The Morgan fingerprint density at radius 3 is 2.33 bits per heavy atom. The Morgan fingerprint density at radius 2 is 1.67 bits per heavy atom. The third kappa shape index (κ3) is 4.22. The molecule has 0 aromatic heterocycles. The molecule has 106 valence electrons. The quantitative estimate of drug-likeness (QED) is 0.687. The van der Waals surface area contributed by atoms with Crippen molar-refractivity contribution in [2.45, 2.75) is 82.4 Å². The molecule has 0 spiro atoms. The van der Waals surface area contributed by atoms with Gasteiger partial charge in [-0.2, -0.15) is 0 Å². The summed E-state index contributed by atoms with van der Waals surface area (Å²) in [6, 6.07) is 0.755. The van der Waals surface area contributed by atoms with E-state index in [-0.39, 0.29) is 0 Å². The second-order valence-corrected chi connectivity index (χ2v) is 6.25. The predicted molar refractivity (Wildman–Crippen MR) is 73.7 cm³/mol. The zero-order chi connectivity index (χ0) is 12.8. The monoisotopic (exact) mass is 255 g/mol. The Labute approximate surface area is 111 Å². The van der Waals surface area contributed by atoms with Crippen LogP contribution in [0.3, 0.4) is 0 Å². The summed E-state index contributed by atoms with van der Waals surface area (Å²) in [7, 11) is 0. The molecule has 2 aliphatic heterocycles. The second kappa shape index (κ2) is 6.88. The average Bonchev–Trinajstić information content (AvgIpc) is 2.33. The summed E-state index contributed by atoms with van der Waals surface area (Å²) in [5.74, 6) is 0. The van der Waals surface area contributed by atoms with Crippen LogP contribution in [0.4, 0.5) is 0 Å². The number of unbranched alkanes of at least 4 members (excludes halogenated alkanes) is 5. The van der Waals surface area contributed by atoms with Gasteiger partial charge in [-0.05, 0) is 19.3 Å². The Bertz CT molecular complexity index is 233. The van der Waals surface area contributed by atoms with E-state index in [1.165, 1.54) is 38.5 Å². The summed E-state index contributed by atoms with van der Waals surface area (Å²) in [5.41, 5.74) is -0.422. The van der Waals surface area contributed by atoms with E-state index in [4.69, 9.17) is 4.74 Å². The molecule has 0 aliphatic carbocycles. The van der Waals surface area contributed by atoms with Crippen LogP contribution in [0.1, 0.15) is 64.7 Å². The van der Waals surface area contributed by atoms with E-state index in [0.717, 1.165) is 32.5 Å². The molecule has 2 unspecified atom stereocenters. The largest absolute Gasteiger partial charge is 0.390 e. The van der Waals surface area contributed by atoms with Gasteiger partial charge in [0.25, 0.3) is 0 Å². The van der Waals surface area contributed by atoms with E-state index >= 15 is 0 Å². The molecule has 2 N–H and O–H groups in total. The number of rotatable bonds is 7. The van der Waals surface area contributed by atoms with Crippen LogP contribution < -0.4 is 5.32 Å². The molecule has 0 saturated carbocycles. The highest BCUT2D eigenvalue weighted by Gasteiger charge is 2.40. The maximum Gasteiger partial charge on any atom is 0.0679 e. The SMILES string of the molecule is CCCCCCCCC1(O)CC2COCC(C1)N2. The Kier molecular flexibility index (Phi) is 5.46. The van der Waals surface area contributed by atoms with Crippen molar-refractivity contribution in [3.05, 3.63) is 0 Å². The molecule has 2 atom stereocenters. The summed E-state index contributed by atoms with van der Waals surface area (Å²) in [5, 5.41) is 14.2. The van der Waals surface area contributed by atoms with Gasteiger partial charge in [-0.1, -0.05) is 45.4 Å². The normalized spacial score (nSPS) is 35.7. The molecule has 2 saturated heterocycles. The highest BCUT2D eigenvalue weighted by atomic mass is 16.5. The van der Waals surface area contributed by atoms with Gasteiger partial charge in [-0.15, -0.1) is 0 Å². The van der Waals surface area contributed by atoms with Gasteiger partial charge in [0.15, 0.2) is 0 Å². The van der Waals surface area contributed by atoms with Crippen LogP contribution in [0.5, 0.6) is 0 Å². The van der Waals surface area contributed by atoms with Gasteiger partial charge in [0.05, 0.1) is 18.8 Å². The lowest BCUT2D eigenvalue weighted by Gasteiger charge is -2.45. The lowest BCUT2D eigenvalue weighted by atomic mass is 9.79. The number of fused-ring (bicyclic) bond motifs is 2. The first kappa shape index (κ1) is 14.3. The van der Waals surface area contributed by atoms with Crippen LogP contribution in [0.2, 0.25) is 0 Å². The molecule has 2 aliphatic rings. The molecule has 3 nitrogen and oxygen atoms in total. The smallest absolute Gasteiger partial charge is 0.0679 e. The van der Waals surface area contributed by atoms with Gasteiger partial charge in [-0.25, -0.2) is 0 Å². The molecule has 2 heterocycles. The fraction of sp³-hybridized carbons (Fsp3) is 1.00. The van der Waals surface area contributed by atoms with Crippen LogP contribution in [-0.4, -0.2) is 36.0 Å². The summed E-state index contributed by atoms with van der Waals surface area (Å²) in [6.07, 6.45) is 10.5. The van der Waals surface area contributed by atoms with Crippen LogP contribution in [0.25, 0.3) is 0 Å². The number of aliphatic hydroxyl groups is 1. The van der Waals surface area contributed by atoms with Crippen LogP contribution in [-0.2, 0) is 4.74 Å². The molecule has 2 fully saturated rings. The highest BCUT2D eigenvalue weighted by molar-refractivity contribution is 4.97. The molecule has 3 heteroatoms. The molecule has 0 aromatic carbocycles. The third-order valence-electron chi connectivity index (χ3n) is 4.36. The van der Waals surface area contributed by atoms with E-state index in [1.807, 2.05) is 0 Å². The van der Waals surface area contributed by atoms with Gasteiger partial charge >= 0.3 is 0 Å². The molecule has 0 radical (unpaired) electrons. The highest BCUT2D eigenvalue weighted by Crippen LogP contribution is 2.32. The van der Waals surface area contributed by atoms with E-state index in [2.05, 4.69) is 12.2 Å². The van der Waals surface area contributed by atoms with Crippen molar-refractivity contribution in [3.8, 4) is 0 Å². The minimum Gasteiger partial charge on any atom is -0.390 e. The standard InChI is InChI=1S/C15H29NO2/c1-2-3-4-5-6-7-8-15(17)9-13-11-18-12-14(10-15)16-13/h13-14,16-17H,2-12H2,1H3. The van der Waals surface area contributed by atoms with Crippen LogP contribution >= 0.6 is 0 Å². The molecular weight excluding hydrogens is 226 g/mol. The number of piperidine rings is 1. The van der Waals surface area contributed by atoms with E-state index in [0.29, 0.717) is 12.1 Å². The van der Waals surface area contributed by atoms with Gasteiger partial charge in [0.1, 0.15) is 0 Å². The fourth-order valence-corrected chi connectivity index (χ4v) is 3.46. The van der Waals surface area contributed by atoms with E-state index in [9.17, 15) is 5.11 Å². The third-order valence-corrected chi connectivity index (χ3v) is 4.36. The topological polar surface area (TPSA) is 41.5 Å². The Balaban J connectivity index is 1.65. The van der Waals surface area contributed by atoms with Gasteiger partial charge in [-0.3, -0.25) is 0 Å². The minimum atomic E-state index is -0.422. The van der Waals surface area contributed by atoms with E-state index in [1.54, 1.807) is 0 Å². The van der Waals surface area contributed by atoms with Crippen molar-refractivity contribution in [2.75, 3.05) is 13.2 Å². The number of ether oxygens (including phenoxy) is 1. The minimum absolute atomic E-state index is 0.377. The molecule has 0 amide bonds. The summed E-state index contributed by atoms with van der Waals surface area (Å²) < 4.78 is 5.53. The fourth-order valence-electron chi connectivity index (χ4n) is 3.46. The molecule has 18 heavy (non-hydrogen) atoms. The van der Waals surface area contributed by atoms with Crippen LogP contribution in [0, 0.1) is 0 Å². The number of hydrogen-bond acceptors (Lipinski definition) is 3. The first-order valence-corrected chi connectivity index (χ1v) is 7.78. The maximum atomic E-state index is 10.7. The first-order valence-electron chi connectivity index (χ1n) is 7.78. The van der Waals surface area contributed by atoms with Gasteiger partial charge in [0.2, 0.25) is 0 Å². The van der Waals surface area contributed by atoms with Crippen molar-refractivity contribution < 1.29 is 9.84 Å². The van der Waals surface area contributed by atoms with Crippen molar-refractivity contribution >= 4 is 0 Å². The van der Waals surface area contributed by atoms with Crippen molar-refractivity contribution in [1.82, 2.24) is 5.32 Å². The van der Waals surface area contributed by atoms with E-state index < -0.39 is 5.60 Å². The van der Waals surface area contributed by atoms with Crippen molar-refractivity contribution in [3.63, 3.8) is 0 Å². The lowest BCUT2D eigenvalue weighted by Crippen LogP contribution is -2.59. The van der Waals surface area contributed by atoms with Crippen LogP contribution in [0.15, 0.2) is 0 Å². The second-order valence-electron chi connectivity index (χ2n) is 6.25. The molecule has 2 bridgehead atoms. The summed E-state index contributed by atoms with van der Waals surface area (Å²) in [6.45, 7) is 3.79. The predicted octanol–water partition coefficient (Wildman–Crippen LogP) is 2.62. The Morgan fingerprint density at radius 1 is 1.06 bits per heavy atom. The first-order chi connectivity index (χ1) is 8.72. The number of nitrogens with one attached hydrogen (secondary N) is 1.